The van der Waals surface area contributed by atoms with Gasteiger partial charge in [0.05, 0.1) is 12.7 Å². The van der Waals surface area contributed by atoms with E-state index in [4.69, 9.17) is 5.11 Å². The van der Waals surface area contributed by atoms with E-state index >= 15 is 0 Å². The summed E-state index contributed by atoms with van der Waals surface area (Å²) in [5.41, 5.74) is 3.93. The van der Waals surface area contributed by atoms with E-state index in [0.717, 1.165) is 24.0 Å². The highest BCUT2D eigenvalue weighted by molar-refractivity contribution is 5.93. The van der Waals surface area contributed by atoms with Gasteiger partial charge in [-0.15, -0.1) is 0 Å². The molecule has 0 radical (unpaired) electrons. The first-order chi connectivity index (χ1) is 17.1. The van der Waals surface area contributed by atoms with Crippen LogP contribution in [-0.4, -0.2) is 34.9 Å². The van der Waals surface area contributed by atoms with Gasteiger partial charge in [-0.25, -0.2) is 0 Å². The average molecular weight is 490 g/mol. The Kier molecular flexibility index (Phi) is 14.9. The first-order valence-electron chi connectivity index (χ1n) is 12.7. The predicted octanol–water partition coefficient (Wildman–Crippen LogP) is 5.70. The van der Waals surface area contributed by atoms with Crippen LogP contribution in [-0.2, 0) is 11.2 Å². The van der Waals surface area contributed by atoms with Gasteiger partial charge in [0, 0.05) is 17.5 Å². The second-order valence-electron chi connectivity index (χ2n) is 9.51. The molecule has 1 rings (SSSR count). The van der Waals surface area contributed by atoms with Crippen molar-refractivity contribution in [2.24, 2.45) is 11.8 Å². The molecule has 0 heterocycles. The number of hydrogen-bond acceptors (Lipinski definition) is 3. The quantitative estimate of drug-likeness (QED) is 0.153. The third-order valence-corrected chi connectivity index (χ3v) is 5.82. The van der Waals surface area contributed by atoms with E-state index in [9.17, 15) is 9.90 Å². The largest absolute Gasteiger partial charge is 0.394 e. The van der Waals surface area contributed by atoms with Crippen molar-refractivity contribution in [1.82, 2.24) is 5.32 Å². The van der Waals surface area contributed by atoms with Crippen molar-refractivity contribution in [1.29, 1.82) is 0 Å². The van der Waals surface area contributed by atoms with E-state index in [2.05, 4.69) is 60.5 Å². The van der Waals surface area contributed by atoms with Crippen molar-refractivity contribution in [3.8, 4) is 11.8 Å². The molecule has 4 nitrogen and oxygen atoms in total. The topological polar surface area (TPSA) is 69.6 Å². The summed E-state index contributed by atoms with van der Waals surface area (Å²) >= 11 is 0. The highest BCUT2D eigenvalue weighted by Gasteiger charge is 2.14. The van der Waals surface area contributed by atoms with Crippen LogP contribution >= 0.6 is 0 Å². The van der Waals surface area contributed by atoms with Crippen molar-refractivity contribution in [3.05, 3.63) is 95.1 Å². The average Bonchev–Trinajstić information content (AvgIpc) is 2.86. The van der Waals surface area contributed by atoms with Crippen LogP contribution in [0.15, 0.2) is 89.6 Å². The molecule has 4 atom stereocenters. The van der Waals surface area contributed by atoms with Crippen LogP contribution in [0.2, 0.25) is 0 Å². The summed E-state index contributed by atoms with van der Waals surface area (Å²) in [4.78, 5) is 11.9. The molecule has 0 saturated carbocycles. The van der Waals surface area contributed by atoms with Gasteiger partial charge in [-0.3, -0.25) is 4.79 Å². The molecule has 0 bridgehead atoms. The molecule has 3 N–H and O–H groups in total. The number of amides is 1. The van der Waals surface area contributed by atoms with Crippen LogP contribution < -0.4 is 5.32 Å². The molecule has 1 aromatic rings. The van der Waals surface area contributed by atoms with Crippen LogP contribution in [0.3, 0.4) is 0 Å². The van der Waals surface area contributed by atoms with Gasteiger partial charge in [-0.1, -0.05) is 92.0 Å². The minimum Gasteiger partial charge on any atom is -0.394 e. The fourth-order valence-electron chi connectivity index (χ4n) is 3.61. The minimum absolute atomic E-state index is 0.00658. The number of allylic oxidation sites excluding steroid dienone is 7. The summed E-state index contributed by atoms with van der Waals surface area (Å²) in [6.45, 7) is 11.6. The molecule has 0 fully saturated rings. The van der Waals surface area contributed by atoms with Gasteiger partial charge in [0.25, 0.3) is 0 Å². The fraction of sp³-hybridized carbons (Fsp3) is 0.406. The smallest absolute Gasteiger partial charge is 0.247 e. The monoisotopic (exact) mass is 489 g/mol. The summed E-state index contributed by atoms with van der Waals surface area (Å²) in [5.74, 6) is 6.04. The van der Waals surface area contributed by atoms with Crippen molar-refractivity contribution in [3.63, 3.8) is 0 Å². The Bertz CT molecular complexity index is 1020. The van der Waals surface area contributed by atoms with Gasteiger partial charge in [0.15, 0.2) is 0 Å². The van der Waals surface area contributed by atoms with Crippen LogP contribution in [0, 0.1) is 23.7 Å². The molecule has 0 aliphatic carbocycles. The maximum Gasteiger partial charge on any atom is 0.247 e. The van der Waals surface area contributed by atoms with Crippen molar-refractivity contribution >= 4 is 5.91 Å². The van der Waals surface area contributed by atoms with Gasteiger partial charge in [0.1, 0.15) is 0 Å². The van der Waals surface area contributed by atoms with E-state index in [0.29, 0.717) is 11.5 Å². The van der Waals surface area contributed by atoms with Gasteiger partial charge >= 0.3 is 0 Å². The zero-order valence-corrected chi connectivity index (χ0v) is 22.7. The molecule has 1 amide bonds. The van der Waals surface area contributed by atoms with Gasteiger partial charge < -0.3 is 15.5 Å². The van der Waals surface area contributed by atoms with Crippen molar-refractivity contribution in [2.75, 3.05) is 6.61 Å². The lowest BCUT2D eigenvalue weighted by atomic mass is 9.92. The Balaban J connectivity index is 2.56. The Hall–Kier alpha value is -3.13. The van der Waals surface area contributed by atoms with E-state index < -0.39 is 6.10 Å². The zero-order chi connectivity index (χ0) is 26.9. The van der Waals surface area contributed by atoms with Gasteiger partial charge in [-0.2, -0.15) is 0 Å². The van der Waals surface area contributed by atoms with Crippen molar-refractivity contribution in [2.45, 2.75) is 66.5 Å². The third kappa shape index (κ3) is 13.1. The van der Waals surface area contributed by atoms with Crippen LogP contribution in [0.4, 0.5) is 0 Å². The number of benzene rings is 1. The molecule has 194 valence electrons. The Labute approximate surface area is 218 Å². The highest BCUT2D eigenvalue weighted by Crippen LogP contribution is 2.19. The third-order valence-electron chi connectivity index (χ3n) is 5.82. The summed E-state index contributed by atoms with van der Waals surface area (Å²) in [6.07, 6.45) is 14.6. The number of aliphatic hydroxyl groups excluding tert-OH is 2. The van der Waals surface area contributed by atoms with Crippen LogP contribution in [0.5, 0.6) is 0 Å². The van der Waals surface area contributed by atoms with Gasteiger partial charge in [-0.05, 0) is 69.7 Å². The molecule has 0 spiro atoms. The number of nitrogens with one attached hydrogen (secondary N) is 1. The SMILES string of the molecule is CC(/C=C/C#C/C=C/C=C(\C)C(=O)N[C@@H](C)CO)=C\[C@@H](C)[C@@H](O)/C(C)=C/[C@@H](C)CCc1ccccc1. The number of hydrogen-bond donors (Lipinski definition) is 3. The molecule has 0 unspecified atom stereocenters. The summed E-state index contributed by atoms with van der Waals surface area (Å²) in [5, 5.41) is 22.4. The molecular weight excluding hydrogens is 446 g/mol. The second-order valence-corrected chi connectivity index (χ2v) is 9.51. The summed E-state index contributed by atoms with van der Waals surface area (Å²) in [7, 11) is 0. The molecule has 36 heavy (non-hydrogen) atoms. The maximum absolute atomic E-state index is 11.9. The minimum atomic E-state index is -0.519. The molecule has 1 aromatic carbocycles. The fourth-order valence-corrected chi connectivity index (χ4v) is 3.61. The number of rotatable bonds is 12. The first-order valence-corrected chi connectivity index (χ1v) is 12.7. The molecule has 0 saturated heterocycles. The normalized spacial score (nSPS) is 16.4. The lowest BCUT2D eigenvalue weighted by molar-refractivity contribution is -0.118. The number of aryl methyl sites for hydroxylation is 1. The van der Waals surface area contributed by atoms with E-state index in [1.54, 1.807) is 38.2 Å². The number of carbonyl (C=O) groups excluding carboxylic acids is 1. The van der Waals surface area contributed by atoms with E-state index in [1.807, 2.05) is 32.9 Å². The zero-order valence-electron chi connectivity index (χ0n) is 22.7. The lowest BCUT2D eigenvalue weighted by Gasteiger charge is -2.19. The molecule has 0 aliphatic rings. The van der Waals surface area contributed by atoms with E-state index in [1.165, 1.54) is 5.56 Å². The standard InChI is InChI=1S/C32H43NO3/c1-24(15-11-8-7-9-12-16-26(3)32(36)33-29(6)23-34)21-27(4)31(35)28(5)22-25(2)19-20-30-17-13-10-14-18-30/h9-18,21-22,25,27,29,31,34-35H,19-20,23H2,1-6H3,(H,33,36)/b12-9+,15-11+,24-21+,26-16+,28-22+/t25-,27+,29-,31+/m0/s1. The maximum atomic E-state index is 11.9. The molecule has 0 aliphatic heterocycles. The summed E-state index contributed by atoms with van der Waals surface area (Å²) in [6, 6.07) is 10.2. The van der Waals surface area contributed by atoms with E-state index in [-0.39, 0.29) is 24.5 Å². The number of carbonyl (C=O) groups is 1. The van der Waals surface area contributed by atoms with Crippen LogP contribution in [0.1, 0.15) is 53.5 Å². The van der Waals surface area contributed by atoms with Crippen LogP contribution in [0.25, 0.3) is 0 Å². The number of aliphatic hydroxyl groups is 2. The predicted molar refractivity (Wildman–Crippen MR) is 151 cm³/mol. The Morgan fingerprint density at radius 3 is 2.36 bits per heavy atom. The Morgan fingerprint density at radius 1 is 1.03 bits per heavy atom. The summed E-state index contributed by atoms with van der Waals surface area (Å²) < 4.78 is 0. The highest BCUT2D eigenvalue weighted by atomic mass is 16.3. The van der Waals surface area contributed by atoms with Gasteiger partial charge in [0.2, 0.25) is 5.91 Å². The molecule has 0 aromatic heterocycles. The first kappa shape index (κ1) is 30.9. The van der Waals surface area contributed by atoms with Crippen molar-refractivity contribution < 1.29 is 15.0 Å². The molecular formula is C32H43NO3. The second kappa shape index (κ2) is 17.3. The Morgan fingerprint density at radius 2 is 1.69 bits per heavy atom. The lowest BCUT2D eigenvalue weighted by Crippen LogP contribution is -2.35. The molecule has 4 heteroatoms.